The summed E-state index contributed by atoms with van der Waals surface area (Å²) < 4.78 is 41.2. The summed E-state index contributed by atoms with van der Waals surface area (Å²) in [5.74, 6) is -1.15. The van der Waals surface area contributed by atoms with Gasteiger partial charge < -0.3 is 0 Å². The Labute approximate surface area is 131 Å². The van der Waals surface area contributed by atoms with Crippen molar-refractivity contribution in [1.82, 2.24) is 29.2 Å². The van der Waals surface area contributed by atoms with Crippen molar-refractivity contribution in [2.45, 2.75) is 16.4 Å². The number of nitrogens with zero attached hydrogens (tertiary/aromatic N) is 6. The molecule has 0 fully saturated rings. The molecule has 0 radical (unpaired) electrons. The molecule has 6 nitrogen and oxygen atoms in total. The molecule has 0 unspecified atom stereocenters. The van der Waals surface area contributed by atoms with Crippen LogP contribution in [0.25, 0.3) is 11.2 Å². The molecular formula is C13H7F3N6S. The van der Waals surface area contributed by atoms with E-state index >= 15 is 0 Å². The number of rotatable bonds is 2. The zero-order valence-electron chi connectivity index (χ0n) is 11.3. The third-order valence-electron chi connectivity index (χ3n) is 3.09. The van der Waals surface area contributed by atoms with Crippen LogP contribution in [0.3, 0.4) is 0 Å². The average Bonchev–Trinajstić information content (AvgIpc) is 3.11. The van der Waals surface area contributed by atoms with Gasteiger partial charge in [0.2, 0.25) is 0 Å². The molecule has 0 saturated carbocycles. The quantitative estimate of drug-likeness (QED) is 0.563. The summed E-state index contributed by atoms with van der Waals surface area (Å²) in [5, 5.41) is 11.6. The maximum atomic E-state index is 12.9. The number of aromatic nitrogens is 6. The van der Waals surface area contributed by atoms with Crippen molar-refractivity contribution in [2.24, 2.45) is 0 Å². The van der Waals surface area contributed by atoms with Gasteiger partial charge in [-0.25, -0.2) is 4.98 Å². The summed E-state index contributed by atoms with van der Waals surface area (Å²) in [6.07, 6.45) is -1.11. The lowest BCUT2D eigenvalue weighted by molar-refractivity contribution is -0.146. The monoisotopic (exact) mass is 336 g/mol. The molecular weight excluding hydrogens is 329 g/mol. The van der Waals surface area contributed by atoms with Crippen LogP contribution in [-0.2, 0) is 6.18 Å². The zero-order valence-corrected chi connectivity index (χ0v) is 12.1. The summed E-state index contributed by atoms with van der Waals surface area (Å²) in [6.45, 7) is 0. The Hall–Kier alpha value is -2.62. The molecule has 10 heteroatoms. The Morgan fingerprint density at radius 1 is 1.04 bits per heavy atom. The van der Waals surface area contributed by atoms with E-state index in [1.54, 1.807) is 12.3 Å². The normalized spacial score (nSPS) is 12.3. The fourth-order valence-corrected chi connectivity index (χ4v) is 2.91. The van der Waals surface area contributed by atoms with Crippen LogP contribution in [0.15, 0.2) is 52.9 Å². The van der Waals surface area contributed by atoms with E-state index in [9.17, 15) is 13.2 Å². The number of imidazole rings is 1. The Balaban J connectivity index is 1.77. The van der Waals surface area contributed by atoms with Crippen LogP contribution in [-0.4, -0.2) is 29.2 Å². The highest BCUT2D eigenvalue weighted by atomic mass is 32.2. The lowest BCUT2D eigenvalue weighted by Gasteiger charge is -2.04. The minimum Gasteiger partial charge on any atom is -0.295 e. The van der Waals surface area contributed by atoms with Gasteiger partial charge in [-0.05, 0) is 36.0 Å². The van der Waals surface area contributed by atoms with Crippen LogP contribution in [0.4, 0.5) is 13.2 Å². The van der Waals surface area contributed by atoms with Gasteiger partial charge in [-0.2, -0.15) is 22.8 Å². The summed E-state index contributed by atoms with van der Waals surface area (Å²) in [5.41, 5.74) is 0.922. The second-order valence-corrected chi connectivity index (χ2v) is 5.59. The van der Waals surface area contributed by atoms with E-state index in [-0.39, 0.29) is 5.65 Å². The molecule has 0 aliphatic rings. The van der Waals surface area contributed by atoms with Gasteiger partial charge in [0.25, 0.3) is 5.82 Å². The van der Waals surface area contributed by atoms with Crippen LogP contribution < -0.4 is 0 Å². The molecule has 4 heterocycles. The van der Waals surface area contributed by atoms with Crippen LogP contribution in [0, 0.1) is 0 Å². The summed E-state index contributed by atoms with van der Waals surface area (Å²) in [4.78, 5) is 4.25. The van der Waals surface area contributed by atoms with Crippen molar-refractivity contribution in [1.29, 1.82) is 0 Å². The number of hydrogen-bond acceptors (Lipinski definition) is 5. The lowest BCUT2D eigenvalue weighted by atomic mass is 10.4. The van der Waals surface area contributed by atoms with Gasteiger partial charge in [0.1, 0.15) is 5.03 Å². The summed E-state index contributed by atoms with van der Waals surface area (Å²) in [6, 6.07) is 8.63. The molecule has 0 N–H and O–H groups in total. The van der Waals surface area contributed by atoms with Gasteiger partial charge >= 0.3 is 6.18 Å². The second kappa shape index (κ2) is 4.95. The SMILES string of the molecule is FC(F)(F)c1nnc2ccc(Sc3ncc4ccccn34)nn12. The third-order valence-corrected chi connectivity index (χ3v) is 4.00. The Morgan fingerprint density at radius 2 is 1.91 bits per heavy atom. The molecule has 0 spiro atoms. The summed E-state index contributed by atoms with van der Waals surface area (Å²) in [7, 11) is 0. The maximum absolute atomic E-state index is 12.9. The standard InChI is InChI=1S/C13H7F3N6S/c14-13(15,16)11-19-18-9-4-5-10(20-22(9)11)23-12-17-7-8-3-1-2-6-21(8)12/h1-7H. The number of fused-ring (bicyclic) bond motifs is 2. The highest BCUT2D eigenvalue weighted by molar-refractivity contribution is 7.99. The molecule has 4 aromatic rings. The molecule has 0 aliphatic heterocycles. The number of halogens is 3. The van der Waals surface area contributed by atoms with Crippen LogP contribution >= 0.6 is 11.8 Å². The minimum absolute atomic E-state index is 0.0367. The van der Waals surface area contributed by atoms with E-state index < -0.39 is 12.0 Å². The first-order valence-electron chi connectivity index (χ1n) is 6.42. The molecule has 0 saturated heterocycles. The Bertz CT molecular complexity index is 1010. The van der Waals surface area contributed by atoms with Gasteiger partial charge in [-0.15, -0.1) is 10.2 Å². The first-order valence-corrected chi connectivity index (χ1v) is 7.23. The minimum atomic E-state index is -4.62. The molecule has 4 aromatic heterocycles. The smallest absolute Gasteiger partial charge is 0.295 e. The zero-order chi connectivity index (χ0) is 16.0. The van der Waals surface area contributed by atoms with E-state index in [0.717, 1.165) is 17.3 Å². The predicted octanol–water partition coefficient (Wildman–Crippen LogP) is 2.94. The molecule has 0 aromatic carbocycles. The highest BCUT2D eigenvalue weighted by Crippen LogP contribution is 2.29. The second-order valence-electron chi connectivity index (χ2n) is 4.60. The highest BCUT2D eigenvalue weighted by Gasteiger charge is 2.37. The predicted molar refractivity (Wildman–Crippen MR) is 75.1 cm³/mol. The number of alkyl halides is 3. The summed E-state index contributed by atoms with van der Waals surface area (Å²) >= 11 is 1.16. The van der Waals surface area contributed by atoms with Gasteiger partial charge in [-0.3, -0.25) is 4.40 Å². The van der Waals surface area contributed by atoms with Crippen LogP contribution in [0.1, 0.15) is 5.82 Å². The fourth-order valence-electron chi connectivity index (χ4n) is 2.09. The lowest BCUT2D eigenvalue weighted by Crippen LogP contribution is -2.12. The van der Waals surface area contributed by atoms with Gasteiger partial charge in [0.15, 0.2) is 10.8 Å². The van der Waals surface area contributed by atoms with Gasteiger partial charge in [0.05, 0.1) is 11.7 Å². The molecule has 4 rings (SSSR count). The largest absolute Gasteiger partial charge is 0.453 e. The average molecular weight is 336 g/mol. The van der Waals surface area contributed by atoms with Crippen LogP contribution in [0.2, 0.25) is 0 Å². The van der Waals surface area contributed by atoms with Gasteiger partial charge in [0, 0.05) is 6.20 Å². The fraction of sp³-hybridized carbons (Fsp3) is 0.0769. The van der Waals surface area contributed by atoms with Gasteiger partial charge in [-0.1, -0.05) is 6.07 Å². The van der Waals surface area contributed by atoms with E-state index in [2.05, 4.69) is 20.3 Å². The molecule has 0 bridgehead atoms. The van der Waals surface area contributed by atoms with E-state index in [0.29, 0.717) is 14.7 Å². The van der Waals surface area contributed by atoms with Crippen molar-refractivity contribution >= 4 is 22.9 Å². The first-order chi connectivity index (χ1) is 11.0. The van der Waals surface area contributed by atoms with Crippen molar-refractivity contribution in [3.63, 3.8) is 0 Å². The van der Waals surface area contributed by atoms with Crippen molar-refractivity contribution < 1.29 is 13.2 Å². The Kier molecular flexibility index (Phi) is 3.01. The first kappa shape index (κ1) is 14.0. The molecule has 23 heavy (non-hydrogen) atoms. The van der Waals surface area contributed by atoms with E-state index in [4.69, 9.17) is 0 Å². The molecule has 116 valence electrons. The van der Waals surface area contributed by atoms with E-state index in [1.807, 2.05) is 28.8 Å². The number of pyridine rings is 1. The molecule has 0 aliphatic carbocycles. The Morgan fingerprint density at radius 3 is 2.74 bits per heavy atom. The van der Waals surface area contributed by atoms with Crippen LogP contribution in [0.5, 0.6) is 0 Å². The van der Waals surface area contributed by atoms with Crippen molar-refractivity contribution in [3.8, 4) is 0 Å². The molecule has 0 amide bonds. The molecule has 0 atom stereocenters. The van der Waals surface area contributed by atoms with Crippen molar-refractivity contribution in [3.05, 3.63) is 48.5 Å². The number of hydrogen-bond donors (Lipinski definition) is 0. The third kappa shape index (κ3) is 2.40. The van der Waals surface area contributed by atoms with E-state index in [1.165, 1.54) is 6.07 Å². The maximum Gasteiger partial charge on any atom is 0.453 e. The van der Waals surface area contributed by atoms with Crippen molar-refractivity contribution in [2.75, 3.05) is 0 Å². The topological polar surface area (TPSA) is 60.4 Å².